The fourth-order valence-electron chi connectivity index (χ4n) is 2.52. The molecule has 0 unspecified atom stereocenters. The van der Waals surface area contributed by atoms with E-state index in [1.54, 1.807) is 0 Å². The molecule has 1 nitrogen and oxygen atoms in total. The lowest BCUT2D eigenvalue weighted by Crippen LogP contribution is -1.99. The van der Waals surface area contributed by atoms with Gasteiger partial charge in [0.25, 0.3) is 0 Å². The first-order valence-corrected chi connectivity index (χ1v) is 7.14. The molecule has 0 aliphatic rings. The molecule has 0 heterocycles. The molecule has 1 atom stereocenters. The molecule has 3 aromatic rings. The maximum absolute atomic E-state index is 10.5. The van der Waals surface area contributed by atoms with Crippen molar-refractivity contribution in [3.8, 4) is 11.1 Å². The van der Waals surface area contributed by atoms with Gasteiger partial charge in [0, 0.05) is 0 Å². The van der Waals surface area contributed by atoms with Crippen molar-refractivity contribution in [2.24, 2.45) is 0 Å². The second-order valence-electron chi connectivity index (χ2n) is 5.30. The van der Waals surface area contributed by atoms with Crippen LogP contribution in [0, 0.1) is 6.92 Å². The van der Waals surface area contributed by atoms with E-state index < -0.39 is 6.10 Å². The van der Waals surface area contributed by atoms with Crippen LogP contribution in [0.1, 0.15) is 22.8 Å². The molecule has 0 spiro atoms. The summed E-state index contributed by atoms with van der Waals surface area (Å²) < 4.78 is 0. The van der Waals surface area contributed by atoms with Gasteiger partial charge in [-0.3, -0.25) is 0 Å². The maximum atomic E-state index is 10.5. The van der Waals surface area contributed by atoms with Crippen molar-refractivity contribution in [2.45, 2.75) is 13.0 Å². The molecule has 1 heteroatoms. The van der Waals surface area contributed by atoms with Crippen molar-refractivity contribution in [3.63, 3.8) is 0 Å². The number of benzene rings is 3. The van der Waals surface area contributed by atoms with Crippen LogP contribution in [0.5, 0.6) is 0 Å². The van der Waals surface area contributed by atoms with Crippen LogP contribution in [0.4, 0.5) is 0 Å². The smallest absolute Gasteiger partial charge is 0.104 e. The van der Waals surface area contributed by atoms with Crippen molar-refractivity contribution in [2.75, 3.05) is 0 Å². The highest BCUT2D eigenvalue weighted by Crippen LogP contribution is 2.25. The lowest BCUT2D eigenvalue weighted by Gasteiger charge is -2.13. The third kappa shape index (κ3) is 3.04. The van der Waals surface area contributed by atoms with Gasteiger partial charge in [0.15, 0.2) is 0 Å². The molecular formula is C20H18O. The largest absolute Gasteiger partial charge is 0.384 e. The molecule has 104 valence electrons. The molecule has 21 heavy (non-hydrogen) atoms. The van der Waals surface area contributed by atoms with Gasteiger partial charge in [0.05, 0.1) is 0 Å². The number of hydrogen-bond acceptors (Lipinski definition) is 1. The van der Waals surface area contributed by atoms with Crippen LogP contribution in [0.2, 0.25) is 0 Å². The van der Waals surface area contributed by atoms with Gasteiger partial charge in [-0.25, -0.2) is 0 Å². The summed E-state index contributed by atoms with van der Waals surface area (Å²) >= 11 is 0. The Labute approximate surface area is 125 Å². The zero-order chi connectivity index (χ0) is 14.7. The number of aliphatic hydroxyl groups is 1. The van der Waals surface area contributed by atoms with Crippen LogP contribution >= 0.6 is 0 Å². The van der Waals surface area contributed by atoms with Crippen molar-refractivity contribution in [1.82, 2.24) is 0 Å². The highest BCUT2D eigenvalue weighted by atomic mass is 16.3. The Bertz CT molecular complexity index is 714. The topological polar surface area (TPSA) is 20.2 Å². The lowest BCUT2D eigenvalue weighted by atomic mass is 9.97. The Morgan fingerprint density at radius 1 is 0.667 bits per heavy atom. The number of aliphatic hydroxyl groups excluding tert-OH is 1. The Hall–Kier alpha value is -2.38. The number of hydrogen-bond donors (Lipinski definition) is 1. The number of rotatable bonds is 3. The fraction of sp³-hybridized carbons (Fsp3) is 0.100. The molecule has 0 aromatic heterocycles. The Kier molecular flexibility index (Phi) is 3.85. The first kappa shape index (κ1) is 13.6. The minimum absolute atomic E-state index is 0.574. The summed E-state index contributed by atoms with van der Waals surface area (Å²) in [6, 6.07) is 26.4. The molecule has 0 bridgehead atoms. The van der Waals surface area contributed by atoms with Gasteiger partial charge in [-0.2, -0.15) is 0 Å². The van der Waals surface area contributed by atoms with Crippen LogP contribution < -0.4 is 0 Å². The summed E-state index contributed by atoms with van der Waals surface area (Å²) in [6.07, 6.45) is -0.574. The maximum Gasteiger partial charge on any atom is 0.104 e. The highest BCUT2D eigenvalue weighted by Gasteiger charge is 2.10. The van der Waals surface area contributed by atoms with Crippen LogP contribution in [0.25, 0.3) is 11.1 Å². The van der Waals surface area contributed by atoms with E-state index in [1.165, 1.54) is 5.56 Å². The van der Waals surface area contributed by atoms with Gasteiger partial charge in [-0.05, 0) is 29.2 Å². The third-order valence-electron chi connectivity index (χ3n) is 3.69. The van der Waals surface area contributed by atoms with Crippen molar-refractivity contribution < 1.29 is 5.11 Å². The van der Waals surface area contributed by atoms with Gasteiger partial charge in [-0.15, -0.1) is 0 Å². The lowest BCUT2D eigenvalue weighted by molar-refractivity contribution is 0.220. The fourth-order valence-corrected chi connectivity index (χ4v) is 2.52. The Morgan fingerprint density at radius 2 is 1.33 bits per heavy atom. The van der Waals surface area contributed by atoms with Crippen molar-refractivity contribution in [1.29, 1.82) is 0 Å². The van der Waals surface area contributed by atoms with E-state index in [2.05, 4.69) is 24.3 Å². The Balaban J connectivity index is 1.87. The van der Waals surface area contributed by atoms with Gasteiger partial charge < -0.3 is 5.11 Å². The first-order chi connectivity index (χ1) is 10.2. The van der Waals surface area contributed by atoms with E-state index in [9.17, 15) is 5.11 Å². The minimum atomic E-state index is -0.574. The van der Waals surface area contributed by atoms with Gasteiger partial charge in [0.1, 0.15) is 6.10 Å². The molecule has 0 aliphatic heterocycles. The number of aryl methyl sites for hydroxylation is 1. The molecule has 1 N–H and O–H groups in total. The molecule has 3 rings (SSSR count). The second-order valence-corrected chi connectivity index (χ2v) is 5.30. The van der Waals surface area contributed by atoms with E-state index in [4.69, 9.17) is 0 Å². The molecule has 0 radical (unpaired) electrons. The van der Waals surface area contributed by atoms with Gasteiger partial charge >= 0.3 is 0 Å². The van der Waals surface area contributed by atoms with Crippen LogP contribution in [0.3, 0.4) is 0 Å². The molecule has 0 aliphatic carbocycles. The monoisotopic (exact) mass is 274 g/mol. The summed E-state index contributed by atoms with van der Waals surface area (Å²) in [7, 11) is 0. The summed E-state index contributed by atoms with van der Waals surface area (Å²) in [5.74, 6) is 0. The SMILES string of the molecule is Cc1cccc([C@@H](O)c2ccc(-c3ccccc3)cc2)c1. The second kappa shape index (κ2) is 5.94. The van der Waals surface area contributed by atoms with E-state index in [0.717, 1.165) is 22.3 Å². The highest BCUT2D eigenvalue weighted by molar-refractivity contribution is 5.63. The van der Waals surface area contributed by atoms with Crippen molar-refractivity contribution >= 4 is 0 Å². The van der Waals surface area contributed by atoms with Gasteiger partial charge in [0.2, 0.25) is 0 Å². The summed E-state index contributed by atoms with van der Waals surface area (Å²) in [6.45, 7) is 2.04. The molecular weight excluding hydrogens is 256 g/mol. The predicted octanol–water partition coefficient (Wildman–Crippen LogP) is 4.74. The average Bonchev–Trinajstić information content (AvgIpc) is 2.55. The zero-order valence-electron chi connectivity index (χ0n) is 12.0. The van der Waals surface area contributed by atoms with Crippen molar-refractivity contribution in [3.05, 3.63) is 95.6 Å². The van der Waals surface area contributed by atoms with E-state index in [-0.39, 0.29) is 0 Å². The normalized spacial score (nSPS) is 12.1. The zero-order valence-corrected chi connectivity index (χ0v) is 12.0. The molecule has 0 saturated heterocycles. The molecule has 3 aromatic carbocycles. The molecule has 0 saturated carbocycles. The molecule has 0 amide bonds. The molecule has 0 fully saturated rings. The predicted molar refractivity (Wildman–Crippen MR) is 87.1 cm³/mol. The quantitative estimate of drug-likeness (QED) is 0.731. The first-order valence-electron chi connectivity index (χ1n) is 7.14. The van der Waals surface area contributed by atoms with Crippen LogP contribution in [-0.4, -0.2) is 5.11 Å². The standard InChI is InChI=1S/C20H18O/c1-15-6-5-9-19(14-15)20(21)18-12-10-17(11-13-18)16-7-3-2-4-8-16/h2-14,20-21H,1H3/t20-/m0/s1. The average molecular weight is 274 g/mol. The summed E-state index contributed by atoms with van der Waals surface area (Å²) in [4.78, 5) is 0. The van der Waals surface area contributed by atoms with Crippen LogP contribution in [0.15, 0.2) is 78.9 Å². The third-order valence-corrected chi connectivity index (χ3v) is 3.69. The summed E-state index contributed by atoms with van der Waals surface area (Å²) in [5.41, 5.74) is 5.36. The van der Waals surface area contributed by atoms with Crippen LogP contribution in [-0.2, 0) is 0 Å². The summed E-state index contributed by atoms with van der Waals surface area (Å²) in [5, 5.41) is 10.5. The van der Waals surface area contributed by atoms with E-state index in [0.29, 0.717) is 0 Å². The Morgan fingerprint density at radius 3 is 2.00 bits per heavy atom. The minimum Gasteiger partial charge on any atom is -0.384 e. The van der Waals surface area contributed by atoms with E-state index >= 15 is 0 Å². The van der Waals surface area contributed by atoms with E-state index in [1.807, 2.05) is 61.5 Å². The van der Waals surface area contributed by atoms with Gasteiger partial charge in [-0.1, -0.05) is 84.4 Å².